The molecule has 1 aromatic heterocycles. The fourth-order valence-electron chi connectivity index (χ4n) is 5.15. The normalized spacial score (nSPS) is 22.8. The zero-order valence-electron chi connectivity index (χ0n) is 15.9. The number of carbonyl (C=O) groups excluding carboxylic acids is 1. The van der Waals surface area contributed by atoms with Crippen LogP contribution in [-0.4, -0.2) is 51.7 Å². The van der Waals surface area contributed by atoms with Gasteiger partial charge in [-0.25, -0.2) is 0 Å². The fraction of sp³-hybridized carbons (Fsp3) is 0.545. The van der Waals surface area contributed by atoms with Crippen molar-refractivity contribution in [3.8, 4) is 0 Å². The van der Waals surface area contributed by atoms with Crippen LogP contribution in [0.2, 0.25) is 0 Å². The van der Waals surface area contributed by atoms with Crippen molar-refractivity contribution < 1.29 is 4.79 Å². The van der Waals surface area contributed by atoms with Crippen LogP contribution < -0.4 is 0 Å². The molecule has 1 atom stereocenters. The van der Waals surface area contributed by atoms with Crippen molar-refractivity contribution in [3.63, 3.8) is 0 Å². The molecule has 5 nitrogen and oxygen atoms in total. The molecule has 1 amide bonds. The van der Waals surface area contributed by atoms with Gasteiger partial charge in [0.15, 0.2) is 0 Å². The summed E-state index contributed by atoms with van der Waals surface area (Å²) in [4.78, 5) is 17.7. The van der Waals surface area contributed by atoms with Gasteiger partial charge in [0.05, 0.1) is 18.3 Å². The molecule has 0 radical (unpaired) electrons. The van der Waals surface area contributed by atoms with Crippen LogP contribution in [0.4, 0.5) is 0 Å². The first kappa shape index (κ1) is 17.0. The van der Waals surface area contributed by atoms with Gasteiger partial charge in [-0.2, -0.15) is 5.10 Å². The second-order valence-corrected chi connectivity index (χ2v) is 8.45. The lowest BCUT2D eigenvalue weighted by Gasteiger charge is -2.36. The van der Waals surface area contributed by atoms with E-state index in [-0.39, 0.29) is 6.04 Å². The highest BCUT2D eigenvalue weighted by Crippen LogP contribution is 2.30. The van der Waals surface area contributed by atoms with Crippen molar-refractivity contribution in [1.82, 2.24) is 19.6 Å². The van der Waals surface area contributed by atoms with Gasteiger partial charge in [0, 0.05) is 25.7 Å². The molecular weight excluding hydrogens is 336 g/mol. The largest absolute Gasteiger partial charge is 0.335 e. The van der Waals surface area contributed by atoms with E-state index < -0.39 is 0 Å². The van der Waals surface area contributed by atoms with Gasteiger partial charge in [-0.1, -0.05) is 24.3 Å². The summed E-state index contributed by atoms with van der Waals surface area (Å²) in [5, 5.41) is 4.56. The number of likely N-dealkylation sites (tertiary alicyclic amines) is 1. The fourth-order valence-corrected chi connectivity index (χ4v) is 5.15. The van der Waals surface area contributed by atoms with Crippen LogP contribution in [0.3, 0.4) is 0 Å². The van der Waals surface area contributed by atoms with Crippen LogP contribution in [0.25, 0.3) is 0 Å². The van der Waals surface area contributed by atoms with Crippen molar-refractivity contribution in [2.45, 2.75) is 44.7 Å². The number of nitrogens with zero attached hydrogens (tertiary/aromatic N) is 4. The van der Waals surface area contributed by atoms with E-state index in [1.54, 1.807) is 0 Å². The van der Waals surface area contributed by atoms with Crippen LogP contribution in [0.15, 0.2) is 36.5 Å². The molecule has 5 heteroatoms. The third kappa shape index (κ3) is 3.41. The van der Waals surface area contributed by atoms with Crippen molar-refractivity contribution in [3.05, 3.63) is 53.3 Å². The molecule has 3 heterocycles. The summed E-state index contributed by atoms with van der Waals surface area (Å²) in [6.45, 7) is 4.87. The topological polar surface area (TPSA) is 41.4 Å². The van der Waals surface area contributed by atoms with Crippen LogP contribution in [0, 0.1) is 5.92 Å². The molecule has 2 aliphatic heterocycles. The van der Waals surface area contributed by atoms with E-state index in [1.807, 2.05) is 6.20 Å². The molecule has 0 bridgehead atoms. The maximum atomic E-state index is 13.1. The number of aromatic nitrogens is 2. The quantitative estimate of drug-likeness (QED) is 0.838. The Kier molecular flexibility index (Phi) is 4.48. The molecule has 0 spiro atoms. The summed E-state index contributed by atoms with van der Waals surface area (Å²) in [5.74, 6) is 0.769. The first-order chi connectivity index (χ1) is 13.3. The SMILES string of the molecule is O=C(CC1Cc2ccccc2C1)N1Cc2ccnn2[C@@H](CN2CCCC2)C1. The molecule has 1 saturated heterocycles. The van der Waals surface area contributed by atoms with Crippen molar-refractivity contribution in [2.24, 2.45) is 5.92 Å². The lowest BCUT2D eigenvalue weighted by Crippen LogP contribution is -2.45. The molecule has 3 aliphatic rings. The first-order valence-electron chi connectivity index (χ1n) is 10.4. The summed E-state index contributed by atoms with van der Waals surface area (Å²) in [5.41, 5.74) is 4.03. The molecule has 0 saturated carbocycles. The molecule has 2 aromatic rings. The Bertz CT molecular complexity index is 798. The summed E-state index contributed by atoms with van der Waals surface area (Å²) in [7, 11) is 0. The number of rotatable bonds is 4. The molecule has 5 rings (SSSR count). The highest BCUT2D eigenvalue weighted by molar-refractivity contribution is 5.76. The van der Waals surface area contributed by atoms with Gasteiger partial charge in [-0.05, 0) is 61.9 Å². The van der Waals surface area contributed by atoms with Gasteiger partial charge in [0.25, 0.3) is 0 Å². The number of carbonyl (C=O) groups is 1. The minimum Gasteiger partial charge on any atom is -0.335 e. The Hall–Kier alpha value is -2.14. The first-order valence-corrected chi connectivity index (χ1v) is 10.4. The molecule has 0 N–H and O–H groups in total. The van der Waals surface area contributed by atoms with E-state index in [0.717, 1.165) is 25.9 Å². The van der Waals surface area contributed by atoms with E-state index in [1.165, 1.54) is 42.8 Å². The van der Waals surface area contributed by atoms with Gasteiger partial charge in [-0.15, -0.1) is 0 Å². The second kappa shape index (κ2) is 7.12. The van der Waals surface area contributed by atoms with Gasteiger partial charge >= 0.3 is 0 Å². The summed E-state index contributed by atoms with van der Waals surface area (Å²) in [6.07, 6.45) is 7.23. The third-order valence-electron chi connectivity index (χ3n) is 6.50. The maximum absolute atomic E-state index is 13.1. The Balaban J connectivity index is 1.26. The van der Waals surface area contributed by atoms with Crippen LogP contribution >= 0.6 is 0 Å². The standard InChI is InChI=1S/C22H28N4O/c27-22(13-17-11-18-5-1-2-6-19(18)12-17)25-15-20-7-8-23-26(20)21(16-25)14-24-9-3-4-10-24/h1-2,5-8,17,21H,3-4,9-16H2/t21-/m0/s1. The number of hydrogen-bond donors (Lipinski definition) is 0. The maximum Gasteiger partial charge on any atom is 0.223 e. The lowest BCUT2D eigenvalue weighted by molar-refractivity contribution is -0.134. The molecule has 0 unspecified atom stereocenters. The van der Waals surface area contributed by atoms with Crippen LogP contribution in [0.1, 0.15) is 42.1 Å². The Morgan fingerprint density at radius 1 is 1.07 bits per heavy atom. The molecule has 1 aromatic carbocycles. The van der Waals surface area contributed by atoms with Crippen molar-refractivity contribution in [2.75, 3.05) is 26.2 Å². The Labute approximate surface area is 161 Å². The summed E-state index contributed by atoms with van der Waals surface area (Å²) < 4.78 is 2.16. The molecular formula is C22H28N4O. The molecule has 142 valence electrons. The zero-order valence-corrected chi connectivity index (χ0v) is 15.9. The minimum atomic E-state index is 0.284. The predicted octanol–water partition coefficient (Wildman–Crippen LogP) is 2.67. The second-order valence-electron chi connectivity index (χ2n) is 8.45. The monoisotopic (exact) mass is 364 g/mol. The third-order valence-corrected chi connectivity index (χ3v) is 6.50. The molecule has 1 aliphatic carbocycles. The number of amides is 1. The number of hydrogen-bond acceptors (Lipinski definition) is 3. The van der Waals surface area contributed by atoms with Gasteiger partial charge in [0.1, 0.15) is 0 Å². The number of benzene rings is 1. The van der Waals surface area contributed by atoms with E-state index in [4.69, 9.17) is 0 Å². The van der Waals surface area contributed by atoms with Gasteiger partial charge < -0.3 is 9.80 Å². The Morgan fingerprint density at radius 2 is 1.81 bits per heavy atom. The molecule has 27 heavy (non-hydrogen) atoms. The average Bonchev–Trinajstić information content (AvgIpc) is 3.41. The smallest absolute Gasteiger partial charge is 0.223 e. The zero-order chi connectivity index (χ0) is 18.2. The van der Waals surface area contributed by atoms with Gasteiger partial charge in [-0.3, -0.25) is 9.48 Å². The van der Waals surface area contributed by atoms with Crippen molar-refractivity contribution >= 4 is 5.91 Å². The lowest BCUT2D eigenvalue weighted by atomic mass is 10.0. The van der Waals surface area contributed by atoms with Crippen LogP contribution in [0.5, 0.6) is 0 Å². The minimum absolute atomic E-state index is 0.284. The molecule has 1 fully saturated rings. The van der Waals surface area contributed by atoms with Crippen molar-refractivity contribution in [1.29, 1.82) is 0 Å². The highest BCUT2D eigenvalue weighted by atomic mass is 16.2. The predicted molar refractivity (Wildman–Crippen MR) is 104 cm³/mol. The number of fused-ring (bicyclic) bond motifs is 2. The average molecular weight is 364 g/mol. The van der Waals surface area contributed by atoms with Gasteiger partial charge in [0.2, 0.25) is 5.91 Å². The van der Waals surface area contributed by atoms with E-state index >= 15 is 0 Å². The highest BCUT2D eigenvalue weighted by Gasteiger charge is 2.32. The van der Waals surface area contributed by atoms with E-state index in [0.29, 0.717) is 24.8 Å². The Morgan fingerprint density at radius 3 is 2.56 bits per heavy atom. The van der Waals surface area contributed by atoms with E-state index in [9.17, 15) is 4.79 Å². The van der Waals surface area contributed by atoms with Crippen LogP contribution in [-0.2, 0) is 24.2 Å². The van der Waals surface area contributed by atoms with E-state index in [2.05, 4.69) is 49.9 Å². The summed E-state index contributed by atoms with van der Waals surface area (Å²) in [6, 6.07) is 11.0. The summed E-state index contributed by atoms with van der Waals surface area (Å²) >= 11 is 0.